The molecule has 4 bridgehead atoms. The molecule has 4 heterocycles. The van der Waals surface area contributed by atoms with Crippen LogP contribution in [0.3, 0.4) is 0 Å². The van der Waals surface area contributed by atoms with Crippen molar-refractivity contribution in [3.05, 3.63) is 73.8 Å². The van der Waals surface area contributed by atoms with Gasteiger partial charge in [0.15, 0.2) is 16.9 Å². The van der Waals surface area contributed by atoms with Crippen molar-refractivity contribution in [1.29, 1.82) is 0 Å². The minimum Gasteiger partial charge on any atom is -0.507 e. The maximum atomic E-state index is 14.9. The molecule has 1 saturated heterocycles. The summed E-state index contributed by atoms with van der Waals surface area (Å²) in [5.74, 6) is -6.61. The molecule has 16 nitrogen and oxygen atoms in total. The number of rotatable bonds is 3. The predicted molar refractivity (Wildman–Crippen MR) is 249 cm³/mol. The zero-order valence-electron chi connectivity index (χ0n) is 38.3. The Labute approximate surface area is 381 Å². The van der Waals surface area contributed by atoms with Gasteiger partial charge in [-0.15, -0.1) is 0 Å². The number of likely N-dealkylation sites (N-methyl/N-ethyl adjacent to an activating group) is 1. The van der Waals surface area contributed by atoms with E-state index in [4.69, 9.17) is 40.6 Å². The summed E-state index contributed by atoms with van der Waals surface area (Å²) in [6, 6.07) is 3.62. The number of anilines is 2. The molecule has 1 amide bonds. The second kappa shape index (κ2) is 18.4. The molecular weight excluding hydrogens is 857 g/mol. The maximum absolute atomic E-state index is 14.9. The van der Waals surface area contributed by atoms with Gasteiger partial charge in [-0.05, 0) is 33.0 Å². The number of fused-ring (bicyclic) bond motifs is 2. The quantitative estimate of drug-likeness (QED) is 0.0724. The largest absolute Gasteiger partial charge is 0.507 e. The Bertz CT molecular complexity index is 2830. The van der Waals surface area contributed by atoms with Crippen LogP contribution in [0, 0.1) is 35.1 Å². The summed E-state index contributed by atoms with van der Waals surface area (Å²) in [5, 5.41) is 49.5. The normalized spacial score (nSPS) is 28.4. The molecule has 3 aliphatic rings. The highest BCUT2D eigenvalue weighted by Gasteiger charge is 2.44. The van der Waals surface area contributed by atoms with Gasteiger partial charge in [0.25, 0.3) is 5.91 Å². The van der Waals surface area contributed by atoms with Crippen molar-refractivity contribution in [2.45, 2.75) is 85.6 Å². The van der Waals surface area contributed by atoms with Crippen LogP contribution in [0.25, 0.3) is 38.7 Å². The number of ether oxygens (including phenoxy) is 4. The smallest absolute Gasteiger partial charge is 0.307 e. The van der Waals surface area contributed by atoms with E-state index in [0.717, 1.165) is 31.9 Å². The first-order valence-electron chi connectivity index (χ1n) is 21.8. The number of aromatic hydroxyl groups is 1. The summed E-state index contributed by atoms with van der Waals surface area (Å²) in [6.45, 7) is 15.9. The predicted octanol–water partition coefficient (Wildman–Crippen LogP) is 5.68. The third-order valence-corrected chi connectivity index (χ3v) is 13.6. The van der Waals surface area contributed by atoms with E-state index in [2.05, 4.69) is 22.2 Å². The first kappa shape index (κ1) is 47.4. The molecule has 1 fully saturated rings. The molecule has 5 N–H and O–H groups in total. The molecule has 7 rings (SSSR count). The fourth-order valence-electron chi connectivity index (χ4n) is 9.12. The standard InChI is InChI=1S/C48H58N4O12S/c1-22-12-11-13-23(2)47(59)50-38-42(57)34-33(37-45(38)63-31-20-29(21-32(65)36(31)49-37)52-17-15-51(9)16-18-52)35-44(27(6)41(34)56)64-48(8,46(35)58)61-19-14-30(60-10)24(3)43(62-28(7)53)26(5)40(55)25(4)39(22)54/h11-14,19-22,24-26,30,39-40,43,54-56,58H,15-18H2,1-10H3,(H,50,59)/t22-,24+,25+,26+,30-,39-,40+,43+,48?/m0/s1. The van der Waals surface area contributed by atoms with Gasteiger partial charge in [-0.3, -0.25) is 14.4 Å². The van der Waals surface area contributed by atoms with Crippen LogP contribution in [0.4, 0.5) is 11.4 Å². The number of phenolic OH excluding ortho intramolecular Hbond substituents is 1. The Kier molecular flexibility index (Phi) is 13.4. The minimum absolute atomic E-state index is 0.00260. The van der Waals surface area contributed by atoms with Crippen LogP contribution in [0.2, 0.25) is 0 Å². The highest BCUT2D eigenvalue weighted by atomic mass is 32.1. The Morgan fingerprint density at radius 3 is 2.32 bits per heavy atom. The fraction of sp³-hybridized carbons (Fsp3) is 0.479. The number of nitrogens with one attached hydrogen (secondary N) is 1. The number of esters is 1. The lowest BCUT2D eigenvalue weighted by Gasteiger charge is -2.38. The zero-order chi connectivity index (χ0) is 47.4. The number of carbonyl (C=O) groups is 2. The number of benzene rings is 3. The third kappa shape index (κ3) is 8.67. The molecule has 65 heavy (non-hydrogen) atoms. The van der Waals surface area contributed by atoms with E-state index < -0.39 is 82.7 Å². The van der Waals surface area contributed by atoms with Crippen LogP contribution in [-0.4, -0.2) is 113 Å². The van der Waals surface area contributed by atoms with Crippen LogP contribution in [0.1, 0.15) is 54.0 Å². The monoisotopic (exact) mass is 914 g/mol. The van der Waals surface area contributed by atoms with Gasteiger partial charge >= 0.3 is 11.8 Å². The average Bonchev–Trinajstić information content (AvgIpc) is 3.54. The molecule has 3 aromatic carbocycles. The molecule has 0 radical (unpaired) electrons. The molecule has 348 valence electrons. The van der Waals surface area contributed by atoms with Crippen molar-refractivity contribution in [3.63, 3.8) is 0 Å². The second-order valence-corrected chi connectivity index (χ2v) is 18.3. The molecule has 17 heteroatoms. The van der Waals surface area contributed by atoms with Crippen molar-refractivity contribution >= 4 is 74.2 Å². The number of aliphatic hydroxyl groups is 3. The van der Waals surface area contributed by atoms with Crippen LogP contribution in [-0.2, 0) is 23.8 Å². The minimum atomic E-state index is -1.94. The van der Waals surface area contributed by atoms with Crippen molar-refractivity contribution < 1.29 is 53.4 Å². The summed E-state index contributed by atoms with van der Waals surface area (Å²) in [6.07, 6.45) is 3.74. The van der Waals surface area contributed by atoms with E-state index in [-0.39, 0.29) is 60.8 Å². The van der Waals surface area contributed by atoms with E-state index in [1.54, 1.807) is 58.9 Å². The number of hydrogen-bond acceptors (Lipinski definition) is 16. The summed E-state index contributed by atoms with van der Waals surface area (Å²) in [4.78, 5) is 50.7. The van der Waals surface area contributed by atoms with Crippen LogP contribution in [0.15, 0.2) is 57.5 Å². The van der Waals surface area contributed by atoms with Crippen molar-refractivity contribution in [2.75, 3.05) is 50.6 Å². The number of hydrogen-bond donors (Lipinski definition) is 5. The number of carbonyl (C=O) groups excluding carboxylic acids is 2. The highest BCUT2D eigenvalue weighted by molar-refractivity contribution is 7.71. The van der Waals surface area contributed by atoms with E-state index in [0.29, 0.717) is 4.51 Å². The molecule has 0 aliphatic carbocycles. The van der Waals surface area contributed by atoms with E-state index in [9.17, 15) is 34.8 Å². The molecule has 3 aliphatic heterocycles. The first-order chi connectivity index (χ1) is 30.7. The van der Waals surface area contributed by atoms with Gasteiger partial charge in [0.05, 0.1) is 39.7 Å². The van der Waals surface area contributed by atoms with Gasteiger partial charge in [0.2, 0.25) is 5.43 Å². The number of aromatic nitrogens is 1. The van der Waals surface area contributed by atoms with E-state index >= 15 is 0 Å². The summed E-state index contributed by atoms with van der Waals surface area (Å²) >= 11 is 5.90. The number of aliphatic hydroxyl groups excluding tert-OH is 3. The summed E-state index contributed by atoms with van der Waals surface area (Å²) in [7, 11) is 3.51. The molecule has 4 aromatic rings. The number of amides is 1. The highest BCUT2D eigenvalue weighted by Crippen LogP contribution is 2.42. The molecular formula is C48H58N4O12S. The van der Waals surface area contributed by atoms with Crippen molar-refractivity contribution in [1.82, 2.24) is 9.88 Å². The third-order valence-electron chi connectivity index (χ3n) is 13.3. The van der Waals surface area contributed by atoms with Gasteiger partial charge in [0.1, 0.15) is 34.3 Å². The average molecular weight is 915 g/mol. The number of piperazine rings is 1. The molecule has 9 atom stereocenters. The van der Waals surface area contributed by atoms with Gasteiger partial charge in [0, 0.05) is 99.1 Å². The van der Waals surface area contributed by atoms with Gasteiger partial charge in [-0.25, -0.2) is 4.98 Å². The Morgan fingerprint density at radius 2 is 1.66 bits per heavy atom. The van der Waals surface area contributed by atoms with Crippen LogP contribution >= 0.6 is 12.2 Å². The molecule has 1 aromatic heterocycles. The lowest BCUT2D eigenvalue weighted by Crippen LogP contribution is -2.46. The van der Waals surface area contributed by atoms with Gasteiger partial charge < -0.3 is 58.9 Å². The summed E-state index contributed by atoms with van der Waals surface area (Å²) < 4.78 is 31.0. The van der Waals surface area contributed by atoms with Crippen LogP contribution < -0.4 is 25.6 Å². The lowest BCUT2D eigenvalue weighted by atomic mass is 9.78. The van der Waals surface area contributed by atoms with Crippen molar-refractivity contribution in [3.8, 4) is 11.5 Å². The number of methoxy groups -OCH3 is 1. The lowest BCUT2D eigenvalue weighted by molar-refractivity contribution is -0.160. The number of allylic oxidation sites excluding steroid dienone is 2. The van der Waals surface area contributed by atoms with Gasteiger partial charge in [-0.1, -0.05) is 58.1 Å². The fourth-order valence-corrected chi connectivity index (χ4v) is 9.39. The summed E-state index contributed by atoms with van der Waals surface area (Å²) in [5.41, 5.74) is 0.304. The maximum Gasteiger partial charge on any atom is 0.307 e. The number of phenols is 1. The Morgan fingerprint density at radius 1 is 0.969 bits per heavy atom. The SMILES string of the molecule is CO[C@H]1C=COC2(C)Oc3c(C)c(O)c4c(=O)c(c5oc6cc(N7CCN(C)CC7)cc(=S)c6nc5c4c3=C2O)NC(=O)C(C)=CC=C[C@H](C)[C@H](O)[C@@H](C)[C@@H](O)[C@@H](C)[C@H](OC(C)=O)[C@@H]1C. The Balaban J connectivity index is 1.48. The van der Waals surface area contributed by atoms with E-state index in [1.807, 2.05) is 6.07 Å². The first-order valence-corrected chi connectivity index (χ1v) is 22.2. The number of nitrogens with zero attached hydrogens (tertiary/aromatic N) is 3. The second-order valence-electron chi connectivity index (χ2n) is 17.8. The van der Waals surface area contributed by atoms with E-state index in [1.165, 1.54) is 40.2 Å². The zero-order valence-corrected chi connectivity index (χ0v) is 39.1. The topological polar surface area (TPSA) is 214 Å². The molecule has 0 saturated carbocycles. The van der Waals surface area contributed by atoms with Crippen LogP contribution in [0.5, 0.6) is 11.5 Å². The van der Waals surface area contributed by atoms with Gasteiger partial charge in [-0.2, -0.15) is 0 Å². The van der Waals surface area contributed by atoms with Crippen molar-refractivity contribution in [2.24, 2.45) is 23.7 Å². The Hall–Kier alpha value is -5.59. The molecule has 1 unspecified atom stereocenters. The molecule has 0 spiro atoms.